The molecule has 1 aromatic heterocycles. The van der Waals surface area contributed by atoms with Crippen LogP contribution in [0.3, 0.4) is 0 Å². The fourth-order valence-corrected chi connectivity index (χ4v) is 4.53. The fraction of sp³-hybridized carbons (Fsp3) is 0.600. The second kappa shape index (κ2) is 9.58. The second-order valence-electron chi connectivity index (χ2n) is 7.63. The Balaban J connectivity index is 1.34. The number of ether oxygens (including phenoxy) is 2. The first-order chi connectivity index (χ1) is 14.2. The Bertz CT molecular complexity index is 831. The molecule has 1 saturated carbocycles. The van der Waals surface area contributed by atoms with Crippen molar-refractivity contribution >= 4 is 23.4 Å². The third kappa shape index (κ3) is 5.27. The average Bonchev–Trinajstić information content (AvgIpc) is 3.48. The highest BCUT2D eigenvalue weighted by Gasteiger charge is 2.22. The molecule has 1 saturated heterocycles. The number of tetrazole rings is 1. The second-order valence-corrected chi connectivity index (χ2v) is 8.57. The van der Waals surface area contributed by atoms with Gasteiger partial charge in [-0.2, -0.15) is 0 Å². The van der Waals surface area contributed by atoms with Crippen LogP contribution in [0.2, 0.25) is 0 Å². The van der Waals surface area contributed by atoms with Crippen LogP contribution in [0.25, 0.3) is 0 Å². The number of aromatic nitrogens is 4. The van der Waals surface area contributed by atoms with Gasteiger partial charge in [-0.05, 0) is 60.7 Å². The van der Waals surface area contributed by atoms with Gasteiger partial charge in [0.2, 0.25) is 11.1 Å². The van der Waals surface area contributed by atoms with Gasteiger partial charge in [-0.25, -0.2) is 4.68 Å². The first-order valence-electron chi connectivity index (χ1n) is 10.2. The number of aryl methyl sites for hydroxylation is 1. The minimum Gasteiger partial charge on any atom is -0.489 e. The maximum absolute atomic E-state index is 12.5. The number of nitrogens with one attached hydrogen (secondary N) is 1. The summed E-state index contributed by atoms with van der Waals surface area (Å²) in [5.74, 6) is 0.808. The van der Waals surface area contributed by atoms with Gasteiger partial charge < -0.3 is 14.8 Å². The topological polar surface area (TPSA) is 91.2 Å². The highest BCUT2D eigenvalue weighted by atomic mass is 32.2. The molecule has 0 bridgehead atoms. The molecule has 1 amide bonds. The summed E-state index contributed by atoms with van der Waals surface area (Å²) in [6.45, 7) is 3.30. The molecular formula is C20H27N5O3S. The molecule has 0 spiro atoms. The molecule has 156 valence electrons. The Hall–Kier alpha value is -2.13. The van der Waals surface area contributed by atoms with Gasteiger partial charge in [-0.3, -0.25) is 4.79 Å². The molecule has 4 rings (SSSR count). The molecule has 2 fully saturated rings. The predicted octanol–water partition coefficient (Wildman–Crippen LogP) is 3.39. The lowest BCUT2D eigenvalue weighted by atomic mass is 10.2. The van der Waals surface area contributed by atoms with E-state index < -0.39 is 0 Å². The van der Waals surface area contributed by atoms with E-state index >= 15 is 0 Å². The molecule has 1 N–H and O–H groups in total. The fourth-order valence-electron chi connectivity index (χ4n) is 3.79. The summed E-state index contributed by atoms with van der Waals surface area (Å²) >= 11 is 1.36. The van der Waals surface area contributed by atoms with E-state index in [1.807, 2.05) is 29.8 Å². The monoisotopic (exact) mass is 417 g/mol. The van der Waals surface area contributed by atoms with Crippen LogP contribution in [0.5, 0.6) is 5.75 Å². The maximum Gasteiger partial charge on any atom is 0.234 e. The van der Waals surface area contributed by atoms with Gasteiger partial charge in [0.05, 0.1) is 23.6 Å². The summed E-state index contributed by atoms with van der Waals surface area (Å²) in [6.07, 6.45) is 6.82. The lowest BCUT2D eigenvalue weighted by Gasteiger charge is -2.16. The van der Waals surface area contributed by atoms with E-state index in [9.17, 15) is 4.79 Å². The van der Waals surface area contributed by atoms with Crippen molar-refractivity contribution in [3.05, 3.63) is 23.8 Å². The lowest BCUT2D eigenvalue weighted by Crippen LogP contribution is -2.19. The van der Waals surface area contributed by atoms with Gasteiger partial charge >= 0.3 is 0 Å². The Labute approximate surface area is 174 Å². The van der Waals surface area contributed by atoms with Crippen molar-refractivity contribution in [2.45, 2.75) is 62.8 Å². The van der Waals surface area contributed by atoms with Crippen LogP contribution in [0.15, 0.2) is 23.4 Å². The molecule has 1 aromatic carbocycles. The summed E-state index contributed by atoms with van der Waals surface area (Å²) in [5.41, 5.74) is 1.75. The van der Waals surface area contributed by atoms with Gasteiger partial charge in [0.25, 0.3) is 0 Å². The van der Waals surface area contributed by atoms with Gasteiger partial charge in [0.15, 0.2) is 0 Å². The number of benzene rings is 1. The van der Waals surface area contributed by atoms with Crippen molar-refractivity contribution in [3.8, 4) is 5.75 Å². The molecule has 2 heterocycles. The van der Waals surface area contributed by atoms with E-state index in [0.29, 0.717) is 29.2 Å². The van der Waals surface area contributed by atoms with Crippen molar-refractivity contribution in [1.29, 1.82) is 0 Å². The number of rotatable bonds is 8. The van der Waals surface area contributed by atoms with Crippen LogP contribution in [0, 0.1) is 6.92 Å². The maximum atomic E-state index is 12.5. The van der Waals surface area contributed by atoms with E-state index in [2.05, 4.69) is 20.8 Å². The first kappa shape index (κ1) is 20.2. The number of amides is 1. The smallest absolute Gasteiger partial charge is 0.234 e. The minimum absolute atomic E-state index is 0.109. The number of hydrogen-bond donors (Lipinski definition) is 1. The standard InChI is InChI=1S/C20H27N5O3S/c1-14-8-9-17(18(11-14)28-12-16-7-4-10-27-16)21-19(26)13-29-20-22-23-24-25(20)15-5-2-3-6-15/h8-9,11,15-16H,2-7,10,12-13H2,1H3,(H,21,26). The number of carbonyl (C=O) groups excluding carboxylic acids is 1. The highest BCUT2D eigenvalue weighted by Crippen LogP contribution is 2.32. The van der Waals surface area contributed by atoms with Crippen molar-refractivity contribution in [1.82, 2.24) is 20.2 Å². The quantitative estimate of drug-likeness (QED) is 0.658. The van der Waals surface area contributed by atoms with Gasteiger partial charge in [0, 0.05) is 6.61 Å². The molecule has 0 radical (unpaired) electrons. The summed E-state index contributed by atoms with van der Waals surface area (Å²) in [6, 6.07) is 6.14. The van der Waals surface area contributed by atoms with E-state index in [1.165, 1.54) is 24.6 Å². The average molecular weight is 418 g/mol. The molecule has 2 aromatic rings. The molecule has 1 aliphatic carbocycles. The van der Waals surface area contributed by atoms with Gasteiger partial charge in [0.1, 0.15) is 12.4 Å². The highest BCUT2D eigenvalue weighted by molar-refractivity contribution is 7.99. The van der Waals surface area contributed by atoms with Crippen LogP contribution in [-0.4, -0.2) is 51.2 Å². The van der Waals surface area contributed by atoms with Gasteiger partial charge in [-0.1, -0.05) is 30.7 Å². The first-order valence-corrected chi connectivity index (χ1v) is 11.2. The number of carbonyl (C=O) groups is 1. The van der Waals surface area contributed by atoms with Crippen molar-refractivity contribution in [3.63, 3.8) is 0 Å². The Morgan fingerprint density at radius 3 is 2.97 bits per heavy atom. The zero-order valence-corrected chi connectivity index (χ0v) is 17.5. The molecular weight excluding hydrogens is 390 g/mol. The SMILES string of the molecule is Cc1ccc(NC(=O)CSc2nnnn2C2CCCC2)c(OCC2CCCO2)c1. The predicted molar refractivity (Wildman–Crippen MR) is 110 cm³/mol. The van der Waals surface area contributed by atoms with E-state index in [0.717, 1.165) is 37.9 Å². The molecule has 1 aliphatic heterocycles. The number of thioether (sulfide) groups is 1. The van der Waals surface area contributed by atoms with Crippen LogP contribution in [-0.2, 0) is 9.53 Å². The summed E-state index contributed by atoms with van der Waals surface area (Å²) in [7, 11) is 0. The molecule has 9 heteroatoms. The number of anilines is 1. The minimum atomic E-state index is -0.109. The molecule has 1 atom stereocenters. The number of hydrogen-bond acceptors (Lipinski definition) is 7. The molecule has 8 nitrogen and oxygen atoms in total. The Morgan fingerprint density at radius 1 is 1.31 bits per heavy atom. The van der Waals surface area contributed by atoms with E-state index in [-0.39, 0.29) is 17.8 Å². The van der Waals surface area contributed by atoms with E-state index in [4.69, 9.17) is 9.47 Å². The van der Waals surface area contributed by atoms with Crippen LogP contribution in [0.4, 0.5) is 5.69 Å². The van der Waals surface area contributed by atoms with Crippen LogP contribution in [0.1, 0.15) is 50.1 Å². The van der Waals surface area contributed by atoms with Crippen LogP contribution < -0.4 is 10.1 Å². The zero-order chi connectivity index (χ0) is 20.1. The third-order valence-corrected chi connectivity index (χ3v) is 6.26. The zero-order valence-electron chi connectivity index (χ0n) is 16.7. The summed E-state index contributed by atoms with van der Waals surface area (Å²) in [5, 5.41) is 15.7. The Morgan fingerprint density at radius 2 is 2.17 bits per heavy atom. The number of nitrogens with zero attached hydrogens (tertiary/aromatic N) is 4. The summed E-state index contributed by atoms with van der Waals surface area (Å²) < 4.78 is 13.4. The van der Waals surface area contributed by atoms with Crippen molar-refractivity contribution < 1.29 is 14.3 Å². The molecule has 2 aliphatic rings. The van der Waals surface area contributed by atoms with Crippen molar-refractivity contribution in [2.75, 3.05) is 24.3 Å². The normalized spacial score (nSPS) is 19.6. The third-order valence-electron chi connectivity index (χ3n) is 5.33. The van der Waals surface area contributed by atoms with Crippen LogP contribution >= 0.6 is 11.8 Å². The largest absolute Gasteiger partial charge is 0.489 e. The van der Waals surface area contributed by atoms with Gasteiger partial charge in [-0.15, -0.1) is 5.10 Å². The molecule has 29 heavy (non-hydrogen) atoms. The molecule has 1 unspecified atom stereocenters. The summed E-state index contributed by atoms with van der Waals surface area (Å²) in [4.78, 5) is 12.5. The van der Waals surface area contributed by atoms with E-state index in [1.54, 1.807) is 0 Å². The van der Waals surface area contributed by atoms with Crippen molar-refractivity contribution in [2.24, 2.45) is 0 Å². The Kier molecular flexibility index (Phi) is 6.66. The lowest BCUT2D eigenvalue weighted by molar-refractivity contribution is -0.113.